The lowest BCUT2D eigenvalue weighted by atomic mass is 9.93. The minimum absolute atomic E-state index is 0.295. The first-order valence-electron chi connectivity index (χ1n) is 6.69. The molecule has 1 nitrogen and oxygen atoms in total. The van der Waals surface area contributed by atoms with Crippen molar-refractivity contribution in [3.8, 4) is 0 Å². The third-order valence-electron chi connectivity index (χ3n) is 3.59. The van der Waals surface area contributed by atoms with Gasteiger partial charge >= 0.3 is 6.18 Å². The zero-order valence-electron chi connectivity index (χ0n) is 11.9. The zero-order chi connectivity index (χ0) is 15.6. The molecule has 0 amide bonds. The van der Waals surface area contributed by atoms with Gasteiger partial charge in [-0.3, -0.25) is 0 Å². The van der Waals surface area contributed by atoms with E-state index in [-0.39, 0.29) is 0 Å². The molecule has 0 aromatic heterocycles. The van der Waals surface area contributed by atoms with Crippen LogP contribution in [0.4, 0.5) is 13.2 Å². The van der Waals surface area contributed by atoms with E-state index in [1.54, 1.807) is 0 Å². The molecule has 21 heavy (non-hydrogen) atoms. The summed E-state index contributed by atoms with van der Waals surface area (Å²) in [5.74, 6) is 0. The predicted molar refractivity (Wildman–Crippen MR) is 76.0 cm³/mol. The fraction of sp³-hybridized carbons (Fsp3) is 0.294. The van der Waals surface area contributed by atoms with Gasteiger partial charge in [-0.05, 0) is 48.2 Å². The van der Waals surface area contributed by atoms with Crippen molar-refractivity contribution in [2.75, 3.05) is 0 Å². The average molecular weight is 294 g/mol. The van der Waals surface area contributed by atoms with E-state index in [0.717, 1.165) is 28.8 Å². The minimum atomic E-state index is -4.33. The van der Waals surface area contributed by atoms with Gasteiger partial charge in [0.25, 0.3) is 0 Å². The Labute approximate surface area is 122 Å². The van der Waals surface area contributed by atoms with E-state index >= 15 is 0 Å². The van der Waals surface area contributed by atoms with E-state index in [1.807, 2.05) is 32.0 Å². The second kappa shape index (κ2) is 5.90. The molecule has 0 aliphatic carbocycles. The summed E-state index contributed by atoms with van der Waals surface area (Å²) in [6.45, 7) is 3.83. The zero-order valence-corrected chi connectivity index (χ0v) is 11.9. The van der Waals surface area contributed by atoms with Gasteiger partial charge in [0, 0.05) is 6.42 Å². The van der Waals surface area contributed by atoms with Gasteiger partial charge in [-0.25, -0.2) is 0 Å². The highest BCUT2D eigenvalue weighted by Crippen LogP contribution is 2.30. The van der Waals surface area contributed by atoms with Crippen LogP contribution in [0.1, 0.15) is 33.9 Å². The van der Waals surface area contributed by atoms with Crippen molar-refractivity contribution in [1.82, 2.24) is 0 Å². The van der Waals surface area contributed by atoms with E-state index in [0.29, 0.717) is 12.0 Å². The maximum atomic E-state index is 12.5. The Bertz CT molecular complexity index is 595. The number of aliphatic hydroxyl groups excluding tert-OH is 1. The lowest BCUT2D eigenvalue weighted by Crippen LogP contribution is -2.07. The molecule has 2 rings (SSSR count). The van der Waals surface area contributed by atoms with Crippen LogP contribution in [0, 0.1) is 13.8 Å². The Morgan fingerprint density at radius 2 is 1.48 bits per heavy atom. The highest BCUT2D eigenvalue weighted by molar-refractivity contribution is 5.36. The molecule has 1 N–H and O–H groups in total. The number of hydrogen-bond donors (Lipinski definition) is 1. The SMILES string of the molecule is Cc1cccc(C)c1C(O)Cc1ccc(C(F)(F)F)cc1. The molecule has 0 bridgehead atoms. The first-order chi connectivity index (χ1) is 9.79. The Kier molecular flexibility index (Phi) is 4.37. The van der Waals surface area contributed by atoms with Crippen LogP contribution in [-0.4, -0.2) is 5.11 Å². The quantitative estimate of drug-likeness (QED) is 0.877. The van der Waals surface area contributed by atoms with Gasteiger partial charge in [0.1, 0.15) is 0 Å². The van der Waals surface area contributed by atoms with Crippen LogP contribution in [0.3, 0.4) is 0 Å². The lowest BCUT2D eigenvalue weighted by molar-refractivity contribution is -0.137. The second-order valence-electron chi connectivity index (χ2n) is 5.22. The van der Waals surface area contributed by atoms with Gasteiger partial charge in [0.2, 0.25) is 0 Å². The molecule has 2 aromatic carbocycles. The predicted octanol–water partition coefficient (Wildman–Crippen LogP) is 4.60. The standard InChI is InChI=1S/C17H17F3O/c1-11-4-3-5-12(2)16(11)15(21)10-13-6-8-14(9-7-13)17(18,19)20/h3-9,15,21H,10H2,1-2H3. The summed E-state index contributed by atoms with van der Waals surface area (Å²) in [5, 5.41) is 10.3. The van der Waals surface area contributed by atoms with Gasteiger partial charge in [0.05, 0.1) is 11.7 Å². The number of rotatable bonds is 3. The highest BCUT2D eigenvalue weighted by Gasteiger charge is 2.30. The van der Waals surface area contributed by atoms with Crippen LogP contribution in [0.25, 0.3) is 0 Å². The van der Waals surface area contributed by atoms with Gasteiger partial charge in [-0.2, -0.15) is 13.2 Å². The third kappa shape index (κ3) is 3.64. The molecule has 0 spiro atoms. The number of benzene rings is 2. The smallest absolute Gasteiger partial charge is 0.388 e. The number of aryl methyl sites for hydroxylation is 2. The van der Waals surface area contributed by atoms with Crippen LogP contribution in [0.15, 0.2) is 42.5 Å². The van der Waals surface area contributed by atoms with E-state index in [4.69, 9.17) is 0 Å². The maximum Gasteiger partial charge on any atom is 0.416 e. The van der Waals surface area contributed by atoms with Crippen molar-refractivity contribution in [2.45, 2.75) is 32.5 Å². The largest absolute Gasteiger partial charge is 0.416 e. The molecule has 0 saturated heterocycles. The number of hydrogen-bond acceptors (Lipinski definition) is 1. The molecular weight excluding hydrogens is 277 g/mol. The first-order valence-corrected chi connectivity index (χ1v) is 6.69. The van der Waals surface area contributed by atoms with E-state index in [2.05, 4.69) is 0 Å². The summed E-state index contributed by atoms with van der Waals surface area (Å²) >= 11 is 0. The lowest BCUT2D eigenvalue weighted by Gasteiger charge is -2.17. The Morgan fingerprint density at radius 1 is 0.952 bits per heavy atom. The number of alkyl halides is 3. The molecule has 0 saturated carbocycles. The molecule has 0 heterocycles. The van der Waals surface area contributed by atoms with Crippen LogP contribution >= 0.6 is 0 Å². The average Bonchev–Trinajstić information content (AvgIpc) is 2.38. The van der Waals surface area contributed by atoms with Crippen molar-refractivity contribution in [1.29, 1.82) is 0 Å². The monoisotopic (exact) mass is 294 g/mol. The van der Waals surface area contributed by atoms with Gasteiger partial charge in [-0.15, -0.1) is 0 Å². The summed E-state index contributed by atoms with van der Waals surface area (Å²) in [6.07, 6.45) is -4.75. The van der Waals surface area contributed by atoms with E-state index in [1.165, 1.54) is 12.1 Å². The van der Waals surface area contributed by atoms with Gasteiger partial charge < -0.3 is 5.11 Å². The van der Waals surface area contributed by atoms with Crippen molar-refractivity contribution in [3.63, 3.8) is 0 Å². The summed E-state index contributed by atoms with van der Waals surface area (Å²) < 4.78 is 37.5. The highest BCUT2D eigenvalue weighted by atomic mass is 19.4. The van der Waals surface area contributed by atoms with E-state index < -0.39 is 17.8 Å². The maximum absolute atomic E-state index is 12.5. The molecule has 0 aliphatic heterocycles. The molecule has 1 atom stereocenters. The molecule has 2 aromatic rings. The summed E-state index contributed by atoms with van der Waals surface area (Å²) in [4.78, 5) is 0. The van der Waals surface area contributed by atoms with Crippen molar-refractivity contribution >= 4 is 0 Å². The molecule has 0 radical (unpaired) electrons. The Balaban J connectivity index is 2.18. The summed E-state index contributed by atoms with van der Waals surface area (Å²) in [7, 11) is 0. The van der Waals surface area contributed by atoms with Crippen molar-refractivity contribution in [2.24, 2.45) is 0 Å². The minimum Gasteiger partial charge on any atom is -0.388 e. The number of aliphatic hydroxyl groups is 1. The Morgan fingerprint density at radius 3 is 1.95 bits per heavy atom. The van der Waals surface area contributed by atoms with Crippen LogP contribution in [0.5, 0.6) is 0 Å². The van der Waals surface area contributed by atoms with Gasteiger partial charge in [-0.1, -0.05) is 30.3 Å². The molecule has 0 aliphatic rings. The molecule has 4 heteroatoms. The molecular formula is C17H17F3O. The molecule has 0 fully saturated rings. The van der Waals surface area contributed by atoms with Crippen LogP contribution in [0.2, 0.25) is 0 Å². The van der Waals surface area contributed by atoms with Crippen molar-refractivity contribution < 1.29 is 18.3 Å². The van der Waals surface area contributed by atoms with Crippen LogP contribution in [-0.2, 0) is 12.6 Å². The fourth-order valence-corrected chi connectivity index (χ4v) is 2.51. The van der Waals surface area contributed by atoms with E-state index in [9.17, 15) is 18.3 Å². The van der Waals surface area contributed by atoms with Crippen LogP contribution < -0.4 is 0 Å². The normalized spacial score (nSPS) is 13.2. The molecule has 112 valence electrons. The first kappa shape index (κ1) is 15.6. The topological polar surface area (TPSA) is 20.2 Å². The second-order valence-corrected chi connectivity index (χ2v) is 5.22. The Hall–Kier alpha value is -1.81. The number of halogens is 3. The summed E-state index contributed by atoms with van der Waals surface area (Å²) in [6, 6.07) is 10.7. The molecule has 1 unspecified atom stereocenters. The fourth-order valence-electron chi connectivity index (χ4n) is 2.51. The summed E-state index contributed by atoms with van der Waals surface area (Å²) in [5.41, 5.74) is 2.81. The van der Waals surface area contributed by atoms with Gasteiger partial charge in [0.15, 0.2) is 0 Å². The van der Waals surface area contributed by atoms with Crippen molar-refractivity contribution in [3.05, 3.63) is 70.3 Å². The third-order valence-corrected chi connectivity index (χ3v) is 3.59.